The largest absolute Gasteiger partial charge is 0.341 e. The van der Waals surface area contributed by atoms with Gasteiger partial charge in [0.05, 0.1) is 0 Å². The number of likely N-dealkylation sites (tertiary alicyclic amines) is 1. The van der Waals surface area contributed by atoms with Crippen LogP contribution in [-0.4, -0.2) is 43.3 Å². The van der Waals surface area contributed by atoms with Gasteiger partial charge in [0.15, 0.2) is 14.6 Å². The van der Waals surface area contributed by atoms with Crippen molar-refractivity contribution in [3.05, 3.63) is 34.9 Å². The Kier molecular flexibility index (Phi) is 3.59. The van der Waals surface area contributed by atoms with Crippen LogP contribution >= 0.6 is 0 Å². The van der Waals surface area contributed by atoms with E-state index in [2.05, 4.69) is 32.0 Å². The zero-order chi connectivity index (χ0) is 16.1. The molecule has 0 aromatic heterocycles. The van der Waals surface area contributed by atoms with Crippen molar-refractivity contribution in [1.29, 1.82) is 0 Å². The number of nitrogens with zero attached hydrogens (tertiary/aromatic N) is 1. The van der Waals surface area contributed by atoms with Gasteiger partial charge >= 0.3 is 0 Å². The number of amides is 1. The van der Waals surface area contributed by atoms with Crippen molar-refractivity contribution in [3.63, 3.8) is 0 Å². The first-order valence-corrected chi connectivity index (χ1v) is 9.70. The molecule has 0 N–H and O–H groups in total. The third kappa shape index (κ3) is 2.45. The lowest BCUT2D eigenvalue weighted by Crippen LogP contribution is -2.43. The quantitative estimate of drug-likeness (QED) is 0.857. The van der Waals surface area contributed by atoms with E-state index in [1.54, 1.807) is 4.90 Å². The van der Waals surface area contributed by atoms with Crippen LogP contribution in [0, 0.1) is 13.8 Å². The van der Waals surface area contributed by atoms with Crippen molar-refractivity contribution in [2.75, 3.05) is 19.3 Å². The molecule has 1 aliphatic heterocycles. The fourth-order valence-electron chi connectivity index (χ4n) is 3.63. The Balaban J connectivity index is 1.77. The van der Waals surface area contributed by atoms with Crippen molar-refractivity contribution in [2.24, 2.45) is 0 Å². The van der Waals surface area contributed by atoms with E-state index in [4.69, 9.17) is 0 Å². The number of benzene rings is 1. The lowest BCUT2D eigenvalue weighted by molar-refractivity contribution is -0.130. The molecule has 5 heteroatoms. The summed E-state index contributed by atoms with van der Waals surface area (Å²) in [4.78, 5) is 14.4. The van der Waals surface area contributed by atoms with Gasteiger partial charge in [-0.15, -0.1) is 0 Å². The summed E-state index contributed by atoms with van der Waals surface area (Å²) >= 11 is 0. The van der Waals surface area contributed by atoms with Crippen LogP contribution in [0.4, 0.5) is 0 Å². The van der Waals surface area contributed by atoms with Crippen molar-refractivity contribution in [2.45, 2.75) is 43.8 Å². The maximum Gasteiger partial charge on any atom is 0.244 e. The van der Waals surface area contributed by atoms with Gasteiger partial charge in [0.25, 0.3) is 0 Å². The Hall–Kier alpha value is -1.36. The van der Waals surface area contributed by atoms with Crippen molar-refractivity contribution in [3.8, 4) is 0 Å². The topological polar surface area (TPSA) is 54.5 Å². The second-order valence-electron chi connectivity index (χ2n) is 6.86. The van der Waals surface area contributed by atoms with Gasteiger partial charge < -0.3 is 4.90 Å². The van der Waals surface area contributed by atoms with Gasteiger partial charge in [0.2, 0.25) is 5.91 Å². The molecule has 0 unspecified atom stereocenters. The molecule has 1 aliphatic carbocycles. The van der Waals surface area contributed by atoms with Gasteiger partial charge in [-0.1, -0.05) is 23.8 Å². The van der Waals surface area contributed by atoms with Gasteiger partial charge in [-0.3, -0.25) is 4.79 Å². The molecule has 2 fully saturated rings. The Bertz CT molecular complexity index is 719. The van der Waals surface area contributed by atoms with Crippen LogP contribution in [0.1, 0.15) is 41.9 Å². The normalized spacial score (nSPS) is 23.6. The summed E-state index contributed by atoms with van der Waals surface area (Å²) in [5.41, 5.74) is 3.77. The molecule has 1 saturated carbocycles. The van der Waals surface area contributed by atoms with E-state index in [-0.39, 0.29) is 5.91 Å². The smallest absolute Gasteiger partial charge is 0.244 e. The molecule has 0 spiro atoms. The maximum absolute atomic E-state index is 12.6. The lowest BCUT2D eigenvalue weighted by Gasteiger charge is -2.22. The molecular formula is C17H23NO3S. The third-order valence-corrected chi connectivity index (χ3v) is 7.15. The first-order chi connectivity index (χ1) is 10.2. The Morgan fingerprint density at radius 2 is 1.95 bits per heavy atom. The summed E-state index contributed by atoms with van der Waals surface area (Å²) in [5, 5.41) is 0. The average molecular weight is 321 g/mol. The second kappa shape index (κ2) is 5.08. The zero-order valence-corrected chi connectivity index (χ0v) is 14.2. The highest BCUT2D eigenvalue weighted by atomic mass is 32.2. The number of carbonyl (C=O) groups excluding carboxylic acids is 1. The van der Waals surface area contributed by atoms with Gasteiger partial charge in [0, 0.05) is 25.3 Å². The number of carbonyl (C=O) groups is 1. The second-order valence-corrected chi connectivity index (χ2v) is 9.19. The van der Waals surface area contributed by atoms with E-state index in [0.29, 0.717) is 31.8 Å². The van der Waals surface area contributed by atoms with Crippen LogP contribution in [0.3, 0.4) is 0 Å². The van der Waals surface area contributed by atoms with E-state index < -0.39 is 14.6 Å². The number of sulfone groups is 1. The van der Waals surface area contributed by atoms with Crippen LogP contribution in [0.5, 0.6) is 0 Å². The fraction of sp³-hybridized carbons (Fsp3) is 0.588. The highest BCUT2D eigenvalue weighted by Gasteiger charge is 2.60. The molecular weight excluding hydrogens is 298 g/mol. The molecule has 0 bridgehead atoms. The van der Waals surface area contributed by atoms with E-state index >= 15 is 0 Å². The van der Waals surface area contributed by atoms with Gasteiger partial charge in [-0.25, -0.2) is 8.42 Å². The molecule has 120 valence electrons. The predicted molar refractivity (Wildman–Crippen MR) is 86.7 cm³/mol. The summed E-state index contributed by atoms with van der Waals surface area (Å²) in [7, 11) is -3.32. The monoisotopic (exact) mass is 321 g/mol. The molecule has 1 heterocycles. The first-order valence-electron chi connectivity index (χ1n) is 7.81. The number of rotatable bonds is 3. The van der Waals surface area contributed by atoms with Crippen molar-refractivity contribution < 1.29 is 13.2 Å². The minimum atomic E-state index is -3.32. The summed E-state index contributed by atoms with van der Waals surface area (Å²) < 4.78 is 22.7. The van der Waals surface area contributed by atoms with Crippen molar-refractivity contribution in [1.82, 2.24) is 4.90 Å². The molecule has 3 rings (SSSR count). The van der Waals surface area contributed by atoms with Crippen LogP contribution in [-0.2, 0) is 14.6 Å². The molecule has 1 aromatic carbocycles. The van der Waals surface area contributed by atoms with Crippen LogP contribution in [0.25, 0.3) is 0 Å². The highest BCUT2D eigenvalue weighted by molar-refractivity contribution is 7.93. The SMILES string of the molecule is Cc1ccc([C@@H]2CCN(C(=O)C3(S(C)(=O)=O)CC3)C2)c(C)c1. The number of hydrogen-bond acceptors (Lipinski definition) is 3. The molecule has 2 aliphatic rings. The molecule has 4 nitrogen and oxygen atoms in total. The minimum Gasteiger partial charge on any atom is -0.341 e. The molecule has 1 saturated heterocycles. The van der Waals surface area contributed by atoms with Crippen LogP contribution < -0.4 is 0 Å². The summed E-state index contributed by atoms with van der Waals surface area (Å²) in [6.07, 6.45) is 3.07. The Morgan fingerprint density at radius 1 is 1.27 bits per heavy atom. The third-order valence-electron chi connectivity index (χ3n) is 5.14. The van der Waals surface area contributed by atoms with Crippen LogP contribution in [0.15, 0.2) is 18.2 Å². The molecule has 1 atom stereocenters. The number of aryl methyl sites for hydroxylation is 2. The molecule has 1 aromatic rings. The van der Waals surface area contributed by atoms with Gasteiger partial charge in [-0.2, -0.15) is 0 Å². The van der Waals surface area contributed by atoms with E-state index in [9.17, 15) is 13.2 Å². The predicted octanol–water partition coefficient (Wildman–Crippen LogP) is 2.20. The average Bonchev–Trinajstić information content (AvgIpc) is 3.11. The summed E-state index contributed by atoms with van der Waals surface area (Å²) in [6.45, 7) is 5.48. The Labute approximate surface area is 132 Å². The molecule has 22 heavy (non-hydrogen) atoms. The first kappa shape index (κ1) is 15.5. The zero-order valence-electron chi connectivity index (χ0n) is 13.4. The fourth-order valence-corrected chi connectivity index (χ4v) is 4.92. The Morgan fingerprint density at radius 3 is 2.50 bits per heavy atom. The molecule has 0 radical (unpaired) electrons. The van der Waals surface area contributed by atoms with E-state index in [1.807, 2.05) is 0 Å². The molecule has 1 amide bonds. The van der Waals surface area contributed by atoms with Crippen LogP contribution in [0.2, 0.25) is 0 Å². The van der Waals surface area contributed by atoms with E-state index in [1.165, 1.54) is 22.9 Å². The van der Waals surface area contributed by atoms with E-state index in [0.717, 1.165) is 6.42 Å². The minimum absolute atomic E-state index is 0.178. The lowest BCUT2D eigenvalue weighted by atomic mass is 9.93. The van der Waals surface area contributed by atoms with Crippen molar-refractivity contribution >= 4 is 15.7 Å². The maximum atomic E-state index is 12.6. The standard InChI is InChI=1S/C17H23NO3S/c1-12-4-5-15(13(2)10-12)14-6-9-18(11-14)16(19)17(7-8-17)22(3,20)21/h4-5,10,14H,6-9,11H2,1-3H3/t14-/m1/s1. The summed E-state index contributed by atoms with van der Waals surface area (Å²) in [5.74, 6) is 0.141. The number of hydrogen-bond donors (Lipinski definition) is 0. The van der Waals surface area contributed by atoms with Gasteiger partial charge in [0.1, 0.15) is 0 Å². The summed E-state index contributed by atoms with van der Waals surface area (Å²) in [6, 6.07) is 6.41. The highest BCUT2D eigenvalue weighted by Crippen LogP contribution is 2.46. The van der Waals surface area contributed by atoms with Gasteiger partial charge in [-0.05, 0) is 44.2 Å².